The first-order valence-electron chi connectivity index (χ1n) is 5.79. The molecule has 0 aliphatic rings. The first-order chi connectivity index (χ1) is 8.29. The maximum Gasteiger partial charge on any atom is 0.142 e. The standard InChI is InChI=1S/C14H17NO2/c1-3-16-14-7-6-11(2)9-13(14)15-10-12-5-4-8-17-12/h4-9,15H,3,10H2,1-2H3. The van der Waals surface area contributed by atoms with Gasteiger partial charge in [-0.15, -0.1) is 0 Å². The van der Waals surface area contributed by atoms with E-state index in [2.05, 4.69) is 18.3 Å². The summed E-state index contributed by atoms with van der Waals surface area (Å²) in [6.07, 6.45) is 1.68. The molecule has 1 aromatic carbocycles. The van der Waals surface area contributed by atoms with Gasteiger partial charge in [0.2, 0.25) is 0 Å². The molecule has 1 heterocycles. The fourth-order valence-electron chi connectivity index (χ4n) is 1.66. The Hall–Kier alpha value is -1.90. The van der Waals surface area contributed by atoms with Crippen LogP contribution in [0.15, 0.2) is 41.0 Å². The van der Waals surface area contributed by atoms with E-state index in [1.165, 1.54) is 5.56 Å². The molecule has 0 fully saturated rings. The van der Waals surface area contributed by atoms with Gasteiger partial charge < -0.3 is 14.5 Å². The smallest absolute Gasteiger partial charge is 0.142 e. The predicted molar refractivity (Wildman–Crippen MR) is 68.4 cm³/mol. The van der Waals surface area contributed by atoms with Crippen LogP contribution in [0.1, 0.15) is 18.2 Å². The van der Waals surface area contributed by atoms with E-state index in [9.17, 15) is 0 Å². The van der Waals surface area contributed by atoms with E-state index in [1.54, 1.807) is 6.26 Å². The van der Waals surface area contributed by atoms with E-state index in [0.29, 0.717) is 13.2 Å². The maximum atomic E-state index is 5.57. The molecule has 3 heteroatoms. The van der Waals surface area contributed by atoms with Gasteiger partial charge in [-0.2, -0.15) is 0 Å². The molecule has 17 heavy (non-hydrogen) atoms. The van der Waals surface area contributed by atoms with Gasteiger partial charge >= 0.3 is 0 Å². The molecule has 0 atom stereocenters. The largest absolute Gasteiger partial charge is 0.492 e. The monoisotopic (exact) mass is 231 g/mol. The number of anilines is 1. The topological polar surface area (TPSA) is 34.4 Å². The Morgan fingerprint density at radius 1 is 1.29 bits per heavy atom. The Labute approximate surface area is 101 Å². The van der Waals surface area contributed by atoms with Gasteiger partial charge in [-0.05, 0) is 43.7 Å². The summed E-state index contributed by atoms with van der Waals surface area (Å²) in [5.41, 5.74) is 2.21. The van der Waals surface area contributed by atoms with Crippen molar-refractivity contribution in [1.82, 2.24) is 0 Å². The Kier molecular flexibility index (Phi) is 3.70. The summed E-state index contributed by atoms with van der Waals surface area (Å²) in [6, 6.07) is 9.94. The second kappa shape index (κ2) is 5.43. The highest BCUT2D eigenvalue weighted by molar-refractivity contribution is 5.58. The number of nitrogens with one attached hydrogen (secondary N) is 1. The van der Waals surface area contributed by atoms with Gasteiger partial charge in [0.15, 0.2) is 0 Å². The van der Waals surface area contributed by atoms with Crippen molar-refractivity contribution in [2.24, 2.45) is 0 Å². The van der Waals surface area contributed by atoms with Gasteiger partial charge in [0.25, 0.3) is 0 Å². The Balaban J connectivity index is 2.10. The Bertz CT molecular complexity index is 463. The summed E-state index contributed by atoms with van der Waals surface area (Å²) in [5, 5.41) is 3.32. The summed E-state index contributed by atoms with van der Waals surface area (Å²) < 4.78 is 10.9. The SMILES string of the molecule is CCOc1ccc(C)cc1NCc1ccco1. The molecule has 90 valence electrons. The lowest BCUT2D eigenvalue weighted by molar-refractivity contribution is 0.341. The lowest BCUT2D eigenvalue weighted by atomic mass is 10.2. The van der Waals surface area contributed by atoms with E-state index < -0.39 is 0 Å². The number of furan rings is 1. The first kappa shape index (κ1) is 11.6. The number of hydrogen-bond acceptors (Lipinski definition) is 3. The molecule has 0 unspecified atom stereocenters. The zero-order valence-corrected chi connectivity index (χ0v) is 10.2. The van der Waals surface area contributed by atoms with E-state index in [0.717, 1.165) is 17.2 Å². The van der Waals surface area contributed by atoms with E-state index in [1.807, 2.05) is 31.2 Å². The van der Waals surface area contributed by atoms with E-state index >= 15 is 0 Å². The highest BCUT2D eigenvalue weighted by Crippen LogP contribution is 2.26. The van der Waals surface area contributed by atoms with Gasteiger partial charge in [-0.1, -0.05) is 6.07 Å². The number of hydrogen-bond donors (Lipinski definition) is 1. The highest BCUT2D eigenvalue weighted by Gasteiger charge is 2.04. The third kappa shape index (κ3) is 3.03. The maximum absolute atomic E-state index is 5.57. The number of rotatable bonds is 5. The lowest BCUT2D eigenvalue weighted by Gasteiger charge is -2.12. The quantitative estimate of drug-likeness (QED) is 0.853. The molecule has 2 aromatic rings. The van der Waals surface area contributed by atoms with Gasteiger partial charge in [-0.25, -0.2) is 0 Å². The third-order valence-corrected chi connectivity index (χ3v) is 2.47. The minimum Gasteiger partial charge on any atom is -0.492 e. The van der Waals surface area contributed by atoms with E-state index in [-0.39, 0.29) is 0 Å². The highest BCUT2D eigenvalue weighted by atomic mass is 16.5. The molecule has 1 N–H and O–H groups in total. The second-order valence-electron chi connectivity index (χ2n) is 3.87. The molecule has 2 rings (SSSR count). The fourth-order valence-corrected chi connectivity index (χ4v) is 1.66. The molecule has 0 amide bonds. The van der Waals surface area contributed by atoms with Crippen molar-refractivity contribution in [3.05, 3.63) is 47.9 Å². The third-order valence-electron chi connectivity index (χ3n) is 2.47. The molecule has 0 aliphatic carbocycles. The summed E-state index contributed by atoms with van der Waals surface area (Å²) >= 11 is 0. The average molecular weight is 231 g/mol. The number of ether oxygens (including phenoxy) is 1. The van der Waals surface area contributed by atoms with Crippen molar-refractivity contribution in [2.45, 2.75) is 20.4 Å². The molecular formula is C14H17NO2. The van der Waals surface area contributed by atoms with Gasteiger partial charge in [0.1, 0.15) is 11.5 Å². The van der Waals surface area contributed by atoms with Gasteiger partial charge in [-0.3, -0.25) is 0 Å². The molecular weight excluding hydrogens is 214 g/mol. The normalized spacial score (nSPS) is 10.2. The summed E-state index contributed by atoms with van der Waals surface area (Å²) in [4.78, 5) is 0. The fraction of sp³-hybridized carbons (Fsp3) is 0.286. The predicted octanol–water partition coefficient (Wildman–Crippen LogP) is 3.60. The number of benzene rings is 1. The van der Waals surface area contributed by atoms with Gasteiger partial charge in [0, 0.05) is 0 Å². The van der Waals surface area contributed by atoms with Crippen LogP contribution in [0.5, 0.6) is 5.75 Å². The molecule has 0 spiro atoms. The van der Waals surface area contributed by atoms with Crippen LogP contribution < -0.4 is 10.1 Å². The van der Waals surface area contributed by atoms with Crippen molar-refractivity contribution >= 4 is 5.69 Å². The molecule has 1 aromatic heterocycles. The van der Waals surface area contributed by atoms with E-state index in [4.69, 9.17) is 9.15 Å². The molecule has 0 saturated heterocycles. The zero-order valence-electron chi connectivity index (χ0n) is 10.2. The first-order valence-corrected chi connectivity index (χ1v) is 5.79. The number of aryl methyl sites for hydroxylation is 1. The Morgan fingerprint density at radius 2 is 2.18 bits per heavy atom. The molecule has 0 aliphatic heterocycles. The van der Waals surface area contributed by atoms with Crippen LogP contribution in [0.4, 0.5) is 5.69 Å². The summed E-state index contributed by atoms with van der Waals surface area (Å²) in [7, 11) is 0. The second-order valence-corrected chi connectivity index (χ2v) is 3.87. The van der Waals surface area contributed by atoms with Gasteiger partial charge in [0.05, 0.1) is 25.1 Å². The van der Waals surface area contributed by atoms with Crippen LogP contribution in [0.2, 0.25) is 0 Å². The van der Waals surface area contributed by atoms with Crippen LogP contribution in [0.3, 0.4) is 0 Å². The van der Waals surface area contributed by atoms with Crippen molar-refractivity contribution < 1.29 is 9.15 Å². The van der Waals surface area contributed by atoms with Crippen LogP contribution in [-0.4, -0.2) is 6.61 Å². The van der Waals surface area contributed by atoms with Crippen LogP contribution in [-0.2, 0) is 6.54 Å². The van der Waals surface area contributed by atoms with Crippen LogP contribution in [0, 0.1) is 6.92 Å². The molecule has 0 saturated carbocycles. The minimum absolute atomic E-state index is 0.663. The van der Waals surface area contributed by atoms with Crippen molar-refractivity contribution in [2.75, 3.05) is 11.9 Å². The summed E-state index contributed by atoms with van der Waals surface area (Å²) in [5.74, 6) is 1.79. The van der Waals surface area contributed by atoms with Crippen molar-refractivity contribution in [1.29, 1.82) is 0 Å². The molecule has 3 nitrogen and oxygen atoms in total. The Morgan fingerprint density at radius 3 is 2.88 bits per heavy atom. The van der Waals surface area contributed by atoms with Crippen molar-refractivity contribution in [3.63, 3.8) is 0 Å². The summed E-state index contributed by atoms with van der Waals surface area (Å²) in [6.45, 7) is 5.37. The molecule has 0 radical (unpaired) electrons. The molecule has 0 bridgehead atoms. The van der Waals surface area contributed by atoms with Crippen LogP contribution in [0.25, 0.3) is 0 Å². The van der Waals surface area contributed by atoms with Crippen LogP contribution >= 0.6 is 0 Å². The minimum atomic E-state index is 0.663. The zero-order chi connectivity index (χ0) is 12.1. The average Bonchev–Trinajstić information content (AvgIpc) is 2.82. The lowest BCUT2D eigenvalue weighted by Crippen LogP contribution is -2.02. The van der Waals surface area contributed by atoms with Crippen molar-refractivity contribution in [3.8, 4) is 5.75 Å².